The molecule has 0 aromatic heterocycles. The second kappa shape index (κ2) is 9.63. The number of carbonyl (C=O) groups is 2. The van der Waals surface area contributed by atoms with Crippen molar-refractivity contribution in [2.45, 2.75) is 68.2 Å². The second-order valence-corrected chi connectivity index (χ2v) is 10.0. The average molecular weight is 409 g/mol. The van der Waals surface area contributed by atoms with Gasteiger partial charge in [0.1, 0.15) is 0 Å². The predicted molar refractivity (Wildman–Crippen MR) is 126 cm³/mol. The minimum atomic E-state index is -1.61. The molecule has 0 atom stereocenters. The number of allylic oxidation sites excluding steroid dienone is 2. The molecule has 0 heterocycles. The van der Waals surface area contributed by atoms with Crippen LogP contribution in [-0.4, -0.2) is 11.0 Å². The lowest BCUT2D eigenvalue weighted by Gasteiger charge is -2.22. The zero-order chi connectivity index (χ0) is 21.9. The first-order valence-corrected chi connectivity index (χ1v) is 11.7. The first-order valence-electron chi connectivity index (χ1n) is 10.4. The molecule has 0 unspecified atom stereocenters. The molecule has 2 nitrogen and oxygen atoms in total. The van der Waals surface area contributed by atoms with E-state index in [2.05, 4.69) is 13.0 Å². The van der Waals surface area contributed by atoms with Gasteiger partial charge in [-0.05, 0) is 82.0 Å². The molecule has 0 aliphatic rings. The van der Waals surface area contributed by atoms with Gasteiger partial charge in [0.25, 0.3) is 0 Å². The van der Waals surface area contributed by atoms with Crippen LogP contribution >= 0.6 is 7.92 Å². The summed E-state index contributed by atoms with van der Waals surface area (Å²) >= 11 is 0. The van der Waals surface area contributed by atoms with Crippen LogP contribution in [-0.2, 0) is 0 Å². The van der Waals surface area contributed by atoms with E-state index in [1.807, 2.05) is 72.7 Å². The fraction of sp³-hybridized carbons (Fsp3) is 0.385. The first kappa shape index (κ1) is 23.2. The predicted octanol–water partition coefficient (Wildman–Crippen LogP) is 7.70. The van der Waals surface area contributed by atoms with Crippen LogP contribution in [0.1, 0.15) is 80.8 Å². The molecule has 0 amide bonds. The van der Waals surface area contributed by atoms with Crippen LogP contribution < -0.4 is 0 Å². The Morgan fingerprint density at radius 3 is 1.34 bits per heavy atom. The standard InChI is InChI=1S/C26H33O2P/c1-9-11-22(10-2)29(25(27)23-18(5)12-16(3)13-19(23)6)26(28)24-20(7)14-17(4)15-21(24)8/h11-15H,9-10H2,1-8H3. The van der Waals surface area contributed by atoms with Crippen LogP contribution in [0.5, 0.6) is 0 Å². The Morgan fingerprint density at radius 2 is 1.07 bits per heavy atom. The van der Waals surface area contributed by atoms with E-state index >= 15 is 0 Å². The van der Waals surface area contributed by atoms with Gasteiger partial charge in [-0.1, -0.05) is 55.3 Å². The SMILES string of the molecule is CCC=C(CC)P(C(=O)c1c(C)cc(C)cc1C)C(=O)c1c(C)cc(C)cc1C. The van der Waals surface area contributed by atoms with Crippen molar-refractivity contribution < 1.29 is 9.59 Å². The summed E-state index contributed by atoms with van der Waals surface area (Å²) in [7, 11) is -1.61. The van der Waals surface area contributed by atoms with Crippen LogP contribution in [0.15, 0.2) is 35.7 Å². The molecule has 0 aliphatic heterocycles. The van der Waals surface area contributed by atoms with Gasteiger partial charge in [0, 0.05) is 11.1 Å². The van der Waals surface area contributed by atoms with E-state index in [1.165, 1.54) is 0 Å². The number of carbonyl (C=O) groups excluding carboxylic acids is 2. The molecule has 0 N–H and O–H groups in total. The van der Waals surface area contributed by atoms with E-state index < -0.39 is 7.92 Å². The topological polar surface area (TPSA) is 34.1 Å². The Balaban J connectivity index is 2.71. The lowest BCUT2D eigenvalue weighted by molar-refractivity contribution is 0.105. The van der Waals surface area contributed by atoms with E-state index in [-0.39, 0.29) is 11.0 Å². The molecule has 0 radical (unpaired) electrons. The summed E-state index contributed by atoms with van der Waals surface area (Å²) in [6, 6.07) is 8.15. The second-order valence-electron chi connectivity index (χ2n) is 7.95. The van der Waals surface area contributed by atoms with Crippen molar-refractivity contribution in [3.05, 3.63) is 80.2 Å². The Bertz CT molecular complexity index is 867. The number of hydrogen-bond acceptors (Lipinski definition) is 2. The van der Waals surface area contributed by atoms with Crippen LogP contribution in [0.4, 0.5) is 0 Å². The van der Waals surface area contributed by atoms with Crippen molar-refractivity contribution >= 4 is 19.0 Å². The lowest BCUT2D eigenvalue weighted by atomic mass is 10.0. The fourth-order valence-corrected chi connectivity index (χ4v) is 6.78. The van der Waals surface area contributed by atoms with Crippen molar-refractivity contribution in [1.82, 2.24) is 0 Å². The van der Waals surface area contributed by atoms with Gasteiger partial charge < -0.3 is 0 Å². The summed E-state index contributed by atoms with van der Waals surface area (Å²) in [6.07, 6.45) is 3.62. The van der Waals surface area contributed by atoms with Gasteiger partial charge in [0.05, 0.1) is 7.92 Å². The Labute approximate surface area is 177 Å². The number of hydrogen-bond donors (Lipinski definition) is 0. The van der Waals surface area contributed by atoms with E-state index in [0.717, 1.165) is 45.1 Å². The summed E-state index contributed by atoms with van der Waals surface area (Å²) < 4.78 is 0. The highest BCUT2D eigenvalue weighted by atomic mass is 31.1. The number of aryl methyl sites for hydroxylation is 6. The van der Waals surface area contributed by atoms with Crippen LogP contribution in [0.2, 0.25) is 0 Å². The van der Waals surface area contributed by atoms with E-state index in [0.29, 0.717) is 17.5 Å². The molecule has 2 aromatic carbocycles. The molecule has 2 aromatic rings. The molecule has 29 heavy (non-hydrogen) atoms. The highest BCUT2D eigenvalue weighted by molar-refractivity contribution is 7.93. The van der Waals surface area contributed by atoms with Gasteiger partial charge in [-0.3, -0.25) is 9.59 Å². The quantitative estimate of drug-likeness (QED) is 0.440. The van der Waals surface area contributed by atoms with Gasteiger partial charge in [0.15, 0.2) is 11.0 Å². The molecule has 154 valence electrons. The minimum Gasteiger partial charge on any atom is -0.288 e. The zero-order valence-corrected chi connectivity index (χ0v) is 20.0. The highest BCUT2D eigenvalue weighted by Gasteiger charge is 2.34. The highest BCUT2D eigenvalue weighted by Crippen LogP contribution is 2.53. The molecule has 0 saturated carbocycles. The monoisotopic (exact) mass is 408 g/mol. The van der Waals surface area contributed by atoms with Crippen molar-refractivity contribution in [3.8, 4) is 0 Å². The summed E-state index contributed by atoms with van der Waals surface area (Å²) in [5, 5.41) is 0.983. The maximum Gasteiger partial charge on any atom is 0.196 e. The molecule has 0 aliphatic carbocycles. The molecule has 3 heteroatoms. The van der Waals surface area contributed by atoms with Crippen LogP contribution in [0, 0.1) is 41.5 Å². The van der Waals surface area contributed by atoms with Crippen molar-refractivity contribution in [2.75, 3.05) is 0 Å². The number of rotatable bonds is 7. The van der Waals surface area contributed by atoms with E-state index in [9.17, 15) is 9.59 Å². The van der Waals surface area contributed by atoms with Gasteiger partial charge in [-0.25, -0.2) is 0 Å². The van der Waals surface area contributed by atoms with Gasteiger partial charge in [-0.15, -0.1) is 0 Å². The molecular formula is C26H33O2P. The lowest BCUT2D eigenvalue weighted by Crippen LogP contribution is -2.13. The summed E-state index contributed by atoms with van der Waals surface area (Å²) in [6.45, 7) is 16.1. The Morgan fingerprint density at radius 1 is 0.724 bits per heavy atom. The van der Waals surface area contributed by atoms with Gasteiger partial charge in [0.2, 0.25) is 0 Å². The molecule has 0 fully saturated rings. The molecule has 0 spiro atoms. The third-order valence-electron chi connectivity index (χ3n) is 5.28. The maximum atomic E-state index is 13.8. The van der Waals surface area contributed by atoms with Crippen molar-refractivity contribution in [1.29, 1.82) is 0 Å². The summed E-state index contributed by atoms with van der Waals surface area (Å²) in [4.78, 5) is 27.7. The largest absolute Gasteiger partial charge is 0.288 e. The third-order valence-corrected chi connectivity index (χ3v) is 7.61. The first-order chi connectivity index (χ1) is 13.6. The van der Waals surface area contributed by atoms with E-state index in [1.54, 1.807) is 0 Å². The fourth-order valence-electron chi connectivity index (χ4n) is 4.24. The molecule has 0 saturated heterocycles. The average Bonchev–Trinajstić information content (AvgIpc) is 2.59. The normalized spacial score (nSPS) is 11.8. The molecular weight excluding hydrogens is 375 g/mol. The molecule has 2 rings (SSSR count). The molecule has 0 bridgehead atoms. The van der Waals surface area contributed by atoms with Gasteiger partial charge >= 0.3 is 0 Å². The van der Waals surface area contributed by atoms with Crippen molar-refractivity contribution in [2.24, 2.45) is 0 Å². The summed E-state index contributed by atoms with van der Waals surface area (Å²) in [5.41, 5.74) is 7.50. The van der Waals surface area contributed by atoms with E-state index in [4.69, 9.17) is 0 Å². The van der Waals surface area contributed by atoms with Crippen molar-refractivity contribution in [3.63, 3.8) is 0 Å². The third kappa shape index (κ3) is 4.93. The Kier molecular flexibility index (Phi) is 7.72. The number of benzene rings is 2. The van der Waals surface area contributed by atoms with Crippen LogP contribution in [0.3, 0.4) is 0 Å². The Hall–Kier alpha value is -2.05. The minimum absolute atomic E-state index is 0.0130. The van der Waals surface area contributed by atoms with Gasteiger partial charge in [-0.2, -0.15) is 0 Å². The smallest absolute Gasteiger partial charge is 0.196 e. The van der Waals surface area contributed by atoms with Crippen LogP contribution in [0.25, 0.3) is 0 Å². The maximum absolute atomic E-state index is 13.8. The zero-order valence-electron chi connectivity index (χ0n) is 19.1. The summed E-state index contributed by atoms with van der Waals surface area (Å²) in [5.74, 6) is 0.